The summed E-state index contributed by atoms with van der Waals surface area (Å²) < 4.78 is 0. The Balaban J connectivity index is 1.82. The number of carboxylic acids is 1. The molecule has 8 nitrogen and oxygen atoms in total. The molecule has 0 bridgehead atoms. The molecule has 0 radical (unpaired) electrons. The minimum Gasteiger partial charge on any atom is -0.481 e. The lowest BCUT2D eigenvalue weighted by Crippen LogP contribution is -2.36. The van der Waals surface area contributed by atoms with E-state index in [9.17, 15) is 14.9 Å². The minimum atomic E-state index is -0.755. The number of fused-ring (bicyclic) bond motifs is 1. The molecule has 0 aliphatic carbocycles. The molecule has 1 aromatic heterocycles. The second-order valence-corrected chi connectivity index (χ2v) is 5.12. The zero-order valence-electron chi connectivity index (χ0n) is 11.2. The predicted octanol–water partition coefficient (Wildman–Crippen LogP) is 1.77. The van der Waals surface area contributed by atoms with E-state index < -0.39 is 10.9 Å². The summed E-state index contributed by atoms with van der Waals surface area (Å²) in [5.41, 5.74) is 1.29. The number of imidazole rings is 1. The van der Waals surface area contributed by atoms with Crippen molar-refractivity contribution in [2.24, 2.45) is 5.92 Å². The van der Waals surface area contributed by atoms with Crippen LogP contribution in [0.15, 0.2) is 18.2 Å². The summed E-state index contributed by atoms with van der Waals surface area (Å²) >= 11 is 0. The van der Waals surface area contributed by atoms with E-state index in [2.05, 4.69) is 9.97 Å². The van der Waals surface area contributed by atoms with Crippen molar-refractivity contribution in [3.05, 3.63) is 28.3 Å². The van der Waals surface area contributed by atoms with E-state index in [0.717, 1.165) is 0 Å². The van der Waals surface area contributed by atoms with Crippen LogP contribution in [-0.2, 0) is 4.79 Å². The first-order chi connectivity index (χ1) is 10.0. The fraction of sp³-hybridized carbons (Fsp3) is 0.385. The number of non-ortho nitro benzene ring substituents is 1. The number of anilines is 1. The summed E-state index contributed by atoms with van der Waals surface area (Å²) in [6, 6.07) is 4.48. The number of aromatic amines is 1. The molecular formula is C13H14N4O4. The van der Waals surface area contributed by atoms with Crippen molar-refractivity contribution in [1.82, 2.24) is 9.97 Å². The van der Waals surface area contributed by atoms with Crippen molar-refractivity contribution in [2.75, 3.05) is 18.0 Å². The maximum atomic E-state index is 10.9. The van der Waals surface area contributed by atoms with Crippen LogP contribution in [0.2, 0.25) is 0 Å². The molecule has 1 aliphatic rings. The first-order valence-corrected chi connectivity index (χ1v) is 6.66. The average molecular weight is 290 g/mol. The lowest BCUT2D eigenvalue weighted by Gasteiger charge is -2.29. The summed E-state index contributed by atoms with van der Waals surface area (Å²) in [6.07, 6.45) is 1.15. The summed E-state index contributed by atoms with van der Waals surface area (Å²) in [4.78, 5) is 30.7. The largest absolute Gasteiger partial charge is 0.481 e. The van der Waals surface area contributed by atoms with Gasteiger partial charge in [0.1, 0.15) is 0 Å². The molecule has 0 amide bonds. The van der Waals surface area contributed by atoms with Crippen molar-refractivity contribution in [1.29, 1.82) is 0 Å². The Kier molecular flexibility index (Phi) is 3.20. The number of aliphatic carboxylic acids is 1. The monoisotopic (exact) mass is 290 g/mol. The highest BCUT2D eigenvalue weighted by Crippen LogP contribution is 2.25. The van der Waals surface area contributed by atoms with Crippen LogP contribution in [0.1, 0.15) is 12.8 Å². The van der Waals surface area contributed by atoms with Gasteiger partial charge in [0.25, 0.3) is 5.69 Å². The second kappa shape index (κ2) is 5.04. The van der Waals surface area contributed by atoms with Crippen molar-refractivity contribution in [3.63, 3.8) is 0 Å². The Morgan fingerprint density at radius 1 is 1.43 bits per heavy atom. The molecule has 21 heavy (non-hydrogen) atoms. The van der Waals surface area contributed by atoms with E-state index in [1.165, 1.54) is 12.1 Å². The van der Waals surface area contributed by atoms with Crippen LogP contribution in [0.3, 0.4) is 0 Å². The third-order valence-corrected chi connectivity index (χ3v) is 3.81. The van der Waals surface area contributed by atoms with Gasteiger partial charge >= 0.3 is 5.97 Å². The smallest absolute Gasteiger partial charge is 0.306 e. The van der Waals surface area contributed by atoms with Crippen LogP contribution in [0.25, 0.3) is 11.0 Å². The molecule has 2 aromatic rings. The number of nitro benzene ring substituents is 1. The van der Waals surface area contributed by atoms with Crippen molar-refractivity contribution in [2.45, 2.75) is 12.8 Å². The van der Waals surface area contributed by atoms with Crippen LogP contribution in [0.4, 0.5) is 11.6 Å². The van der Waals surface area contributed by atoms with E-state index in [1.54, 1.807) is 6.07 Å². The van der Waals surface area contributed by atoms with Gasteiger partial charge in [0.2, 0.25) is 5.95 Å². The summed E-state index contributed by atoms with van der Waals surface area (Å²) in [5, 5.41) is 19.7. The van der Waals surface area contributed by atoms with Crippen LogP contribution in [0.5, 0.6) is 0 Å². The number of carbonyl (C=O) groups is 1. The molecule has 1 fully saturated rings. The first-order valence-electron chi connectivity index (χ1n) is 6.66. The highest BCUT2D eigenvalue weighted by atomic mass is 16.6. The molecule has 0 saturated carbocycles. The Hall–Kier alpha value is -2.64. The van der Waals surface area contributed by atoms with Gasteiger partial charge in [-0.2, -0.15) is 0 Å². The molecule has 1 saturated heterocycles. The molecule has 1 aromatic carbocycles. The Labute approximate surface area is 119 Å². The molecule has 110 valence electrons. The Morgan fingerprint density at radius 3 is 2.76 bits per heavy atom. The third kappa shape index (κ3) is 2.51. The quantitative estimate of drug-likeness (QED) is 0.658. The van der Waals surface area contributed by atoms with E-state index in [0.29, 0.717) is 42.9 Å². The van der Waals surface area contributed by atoms with Gasteiger partial charge in [-0.05, 0) is 18.9 Å². The van der Waals surface area contributed by atoms with Gasteiger partial charge in [0.05, 0.1) is 21.9 Å². The van der Waals surface area contributed by atoms with Crippen LogP contribution >= 0.6 is 0 Å². The highest BCUT2D eigenvalue weighted by Gasteiger charge is 2.26. The third-order valence-electron chi connectivity index (χ3n) is 3.81. The lowest BCUT2D eigenvalue weighted by atomic mass is 9.97. The molecule has 8 heteroatoms. The normalized spacial score (nSPS) is 16.3. The standard InChI is InChI=1S/C13H14N4O4/c18-12(19)8-3-5-16(6-4-8)13-14-10-2-1-9(17(20)21)7-11(10)15-13/h1-2,7-8H,3-6H2,(H,14,15)(H,18,19). The number of aromatic nitrogens is 2. The first kappa shape index (κ1) is 13.3. The van der Waals surface area contributed by atoms with Gasteiger partial charge in [-0.3, -0.25) is 14.9 Å². The highest BCUT2D eigenvalue weighted by molar-refractivity contribution is 5.80. The average Bonchev–Trinajstić information content (AvgIpc) is 2.90. The number of nitrogens with zero attached hydrogens (tertiary/aromatic N) is 3. The topological polar surface area (TPSA) is 112 Å². The fourth-order valence-corrected chi connectivity index (χ4v) is 2.59. The Morgan fingerprint density at radius 2 is 2.14 bits per heavy atom. The van der Waals surface area contributed by atoms with Gasteiger partial charge in [-0.25, -0.2) is 4.98 Å². The summed E-state index contributed by atoms with van der Waals surface area (Å²) in [6.45, 7) is 1.22. The van der Waals surface area contributed by atoms with Gasteiger partial charge in [-0.15, -0.1) is 0 Å². The molecule has 0 unspecified atom stereocenters. The van der Waals surface area contributed by atoms with Crippen LogP contribution in [-0.4, -0.2) is 39.1 Å². The maximum absolute atomic E-state index is 10.9. The van der Waals surface area contributed by atoms with Crippen LogP contribution < -0.4 is 4.90 Å². The number of hydrogen-bond donors (Lipinski definition) is 2. The number of rotatable bonds is 3. The van der Waals surface area contributed by atoms with E-state index >= 15 is 0 Å². The zero-order valence-corrected chi connectivity index (χ0v) is 11.2. The van der Waals surface area contributed by atoms with Crippen LogP contribution in [0, 0.1) is 16.0 Å². The van der Waals surface area contributed by atoms with Gasteiger partial charge in [0.15, 0.2) is 0 Å². The molecule has 2 N–H and O–H groups in total. The van der Waals surface area contributed by atoms with Gasteiger partial charge < -0.3 is 15.0 Å². The molecular weight excluding hydrogens is 276 g/mol. The van der Waals surface area contributed by atoms with Gasteiger partial charge in [0, 0.05) is 25.2 Å². The van der Waals surface area contributed by atoms with Crippen molar-refractivity contribution < 1.29 is 14.8 Å². The lowest BCUT2D eigenvalue weighted by molar-refractivity contribution is -0.384. The minimum absolute atomic E-state index is 0.0160. The van der Waals surface area contributed by atoms with Crippen molar-refractivity contribution in [3.8, 4) is 0 Å². The molecule has 1 aliphatic heterocycles. The Bertz CT molecular complexity index is 703. The number of hydrogen-bond acceptors (Lipinski definition) is 5. The molecule has 0 spiro atoms. The number of piperidine rings is 1. The second-order valence-electron chi connectivity index (χ2n) is 5.12. The van der Waals surface area contributed by atoms with E-state index in [-0.39, 0.29) is 11.6 Å². The van der Waals surface area contributed by atoms with Gasteiger partial charge in [-0.1, -0.05) is 0 Å². The van der Waals surface area contributed by atoms with E-state index in [4.69, 9.17) is 5.11 Å². The number of H-pyrrole nitrogens is 1. The number of nitro groups is 1. The zero-order chi connectivity index (χ0) is 15.0. The fourth-order valence-electron chi connectivity index (χ4n) is 2.59. The predicted molar refractivity (Wildman–Crippen MR) is 75.3 cm³/mol. The number of benzene rings is 1. The molecule has 0 atom stereocenters. The maximum Gasteiger partial charge on any atom is 0.306 e. The molecule has 3 rings (SSSR count). The number of nitrogens with one attached hydrogen (secondary N) is 1. The summed E-state index contributed by atoms with van der Waals surface area (Å²) in [5.74, 6) is -0.420. The van der Waals surface area contributed by atoms with Crippen molar-refractivity contribution >= 4 is 28.6 Å². The van der Waals surface area contributed by atoms with E-state index in [1.807, 2.05) is 4.90 Å². The molecule has 2 heterocycles. The SMILES string of the molecule is O=C(O)C1CCN(c2nc3ccc([N+](=O)[O-])cc3[nH]2)CC1. The number of carboxylic acid groups (broad SMARTS) is 1. The summed E-state index contributed by atoms with van der Waals surface area (Å²) in [7, 11) is 0.